The van der Waals surface area contributed by atoms with Crippen LogP contribution in [0.2, 0.25) is 0 Å². The van der Waals surface area contributed by atoms with Gasteiger partial charge in [0.1, 0.15) is 11.2 Å². The average molecular weight is 340 g/mol. The Morgan fingerprint density at radius 2 is 2.30 bits per heavy atom. The summed E-state index contributed by atoms with van der Waals surface area (Å²) in [6.45, 7) is 1.97. The minimum atomic E-state index is -0.894. The molecule has 1 aliphatic rings. The summed E-state index contributed by atoms with van der Waals surface area (Å²) in [7, 11) is 0. The van der Waals surface area contributed by atoms with Crippen LogP contribution in [-0.4, -0.2) is 16.1 Å². The number of carboxylic acid groups (broad SMARTS) is 1. The molecule has 2 aromatic rings. The summed E-state index contributed by atoms with van der Waals surface area (Å²) >= 11 is 3.44. The van der Waals surface area contributed by atoms with E-state index in [1.54, 1.807) is 6.07 Å². The minimum absolute atomic E-state index is 0.339. The highest BCUT2D eigenvalue weighted by atomic mass is 79.9. The first-order valence-corrected chi connectivity index (χ1v) is 7.53. The number of nitrogens with one attached hydrogen (secondary N) is 1. The second-order valence-electron chi connectivity index (χ2n) is 5.40. The molecular formula is C15H15BrFNO2. The summed E-state index contributed by atoms with van der Waals surface area (Å²) < 4.78 is 14.8. The molecular weight excluding hydrogens is 325 g/mol. The van der Waals surface area contributed by atoms with E-state index >= 15 is 0 Å². The summed E-state index contributed by atoms with van der Waals surface area (Å²) in [4.78, 5) is 14.9. The second-order valence-corrected chi connectivity index (χ2v) is 6.25. The maximum Gasteiger partial charge on any atom is 0.315 e. The molecule has 0 bridgehead atoms. The molecule has 3 rings (SSSR count). The molecule has 0 spiro atoms. The van der Waals surface area contributed by atoms with E-state index in [1.165, 1.54) is 6.07 Å². The minimum Gasteiger partial charge on any atom is -0.481 e. The van der Waals surface area contributed by atoms with Gasteiger partial charge in [-0.1, -0.05) is 29.3 Å². The quantitative estimate of drug-likeness (QED) is 0.882. The third-order valence-electron chi connectivity index (χ3n) is 4.32. The van der Waals surface area contributed by atoms with Crippen LogP contribution in [0.5, 0.6) is 0 Å². The fourth-order valence-corrected chi connectivity index (χ4v) is 3.98. The van der Waals surface area contributed by atoms with Gasteiger partial charge in [-0.05, 0) is 37.0 Å². The molecule has 2 N–H and O–H groups in total. The highest BCUT2D eigenvalue weighted by molar-refractivity contribution is 9.10. The average Bonchev–Trinajstić information content (AvgIpc) is 2.94. The van der Waals surface area contributed by atoms with Gasteiger partial charge >= 0.3 is 5.97 Å². The summed E-state index contributed by atoms with van der Waals surface area (Å²) in [5.74, 6) is -1.16. The van der Waals surface area contributed by atoms with E-state index < -0.39 is 11.4 Å². The zero-order valence-electron chi connectivity index (χ0n) is 11.1. The summed E-state index contributed by atoms with van der Waals surface area (Å²) in [6, 6.07) is 3.06. The molecule has 0 aliphatic heterocycles. The molecule has 0 fully saturated rings. The topological polar surface area (TPSA) is 53.1 Å². The number of fused-ring (bicyclic) bond motifs is 3. The van der Waals surface area contributed by atoms with Crippen LogP contribution in [0.1, 0.15) is 37.4 Å². The van der Waals surface area contributed by atoms with Crippen molar-refractivity contribution in [2.75, 3.05) is 0 Å². The van der Waals surface area contributed by atoms with E-state index in [2.05, 4.69) is 20.9 Å². The van der Waals surface area contributed by atoms with Crippen molar-refractivity contribution in [2.24, 2.45) is 0 Å². The number of aromatic amines is 1. The van der Waals surface area contributed by atoms with Crippen molar-refractivity contribution in [3.63, 3.8) is 0 Å². The maximum atomic E-state index is 14.0. The van der Waals surface area contributed by atoms with Crippen LogP contribution in [0.25, 0.3) is 10.9 Å². The Kier molecular flexibility index (Phi) is 3.12. The lowest BCUT2D eigenvalue weighted by Crippen LogP contribution is -2.33. The van der Waals surface area contributed by atoms with Crippen molar-refractivity contribution < 1.29 is 14.3 Å². The third-order valence-corrected chi connectivity index (χ3v) is 4.98. The standard InChI is InChI=1S/C15H15BrFNO2/c1-2-6-15(14(19)20)7-5-8-11-9(16)3-4-10(17)12(11)18-13(8)15/h3-4,18H,2,5-7H2,1H3,(H,19,20). The second kappa shape index (κ2) is 4.58. The molecule has 0 saturated heterocycles. The van der Waals surface area contributed by atoms with Crippen molar-refractivity contribution in [1.82, 2.24) is 4.98 Å². The monoisotopic (exact) mass is 339 g/mol. The first-order chi connectivity index (χ1) is 9.51. The van der Waals surface area contributed by atoms with Gasteiger partial charge in [-0.15, -0.1) is 0 Å². The SMILES string of the molecule is CCCC1(C(=O)O)CCc2c1[nH]c1c(F)ccc(Br)c21. The number of aryl methyl sites for hydroxylation is 1. The van der Waals surface area contributed by atoms with Gasteiger partial charge in [0.15, 0.2) is 0 Å². The van der Waals surface area contributed by atoms with Gasteiger partial charge in [0, 0.05) is 15.6 Å². The van der Waals surface area contributed by atoms with E-state index in [9.17, 15) is 14.3 Å². The fraction of sp³-hybridized carbons (Fsp3) is 0.400. The zero-order chi connectivity index (χ0) is 14.5. The van der Waals surface area contributed by atoms with Gasteiger partial charge in [0.25, 0.3) is 0 Å². The number of hydrogen-bond acceptors (Lipinski definition) is 1. The normalized spacial score (nSPS) is 21.4. The van der Waals surface area contributed by atoms with Crippen LogP contribution in [-0.2, 0) is 16.6 Å². The van der Waals surface area contributed by atoms with E-state index in [1.807, 2.05) is 6.92 Å². The van der Waals surface area contributed by atoms with Crippen molar-refractivity contribution in [3.8, 4) is 0 Å². The van der Waals surface area contributed by atoms with Crippen molar-refractivity contribution >= 4 is 32.8 Å². The van der Waals surface area contributed by atoms with Crippen LogP contribution in [0, 0.1) is 5.82 Å². The number of benzene rings is 1. The van der Waals surface area contributed by atoms with Crippen molar-refractivity contribution in [1.29, 1.82) is 0 Å². The number of carbonyl (C=O) groups is 1. The van der Waals surface area contributed by atoms with Crippen LogP contribution in [0.15, 0.2) is 16.6 Å². The van der Waals surface area contributed by atoms with Gasteiger partial charge < -0.3 is 10.1 Å². The molecule has 1 heterocycles. The maximum absolute atomic E-state index is 14.0. The molecule has 1 unspecified atom stereocenters. The van der Waals surface area contributed by atoms with Gasteiger partial charge in [-0.2, -0.15) is 0 Å². The van der Waals surface area contributed by atoms with Gasteiger partial charge in [-0.3, -0.25) is 4.79 Å². The molecule has 0 radical (unpaired) electrons. The third kappa shape index (κ3) is 1.65. The molecule has 20 heavy (non-hydrogen) atoms. The molecule has 1 aromatic heterocycles. The lowest BCUT2D eigenvalue weighted by Gasteiger charge is -2.23. The Bertz CT molecular complexity index is 709. The van der Waals surface area contributed by atoms with Crippen LogP contribution in [0.4, 0.5) is 4.39 Å². The molecule has 0 saturated carbocycles. The van der Waals surface area contributed by atoms with E-state index in [-0.39, 0.29) is 5.82 Å². The predicted molar refractivity (Wildman–Crippen MR) is 78.5 cm³/mol. The number of aliphatic carboxylic acids is 1. The lowest BCUT2D eigenvalue weighted by atomic mass is 9.81. The number of H-pyrrole nitrogens is 1. The Morgan fingerprint density at radius 1 is 1.55 bits per heavy atom. The number of rotatable bonds is 3. The summed E-state index contributed by atoms with van der Waals surface area (Å²) in [5.41, 5.74) is 1.15. The number of hydrogen-bond donors (Lipinski definition) is 2. The molecule has 3 nitrogen and oxygen atoms in total. The van der Waals surface area contributed by atoms with Crippen molar-refractivity contribution in [2.45, 2.75) is 38.0 Å². The highest BCUT2D eigenvalue weighted by Crippen LogP contribution is 2.47. The van der Waals surface area contributed by atoms with E-state index in [4.69, 9.17) is 0 Å². The first-order valence-electron chi connectivity index (χ1n) is 6.73. The van der Waals surface area contributed by atoms with Gasteiger partial charge in [0.2, 0.25) is 0 Å². The van der Waals surface area contributed by atoms with Crippen LogP contribution < -0.4 is 0 Å². The molecule has 5 heteroatoms. The number of halogens is 2. The Labute approximate surface area is 124 Å². The molecule has 0 amide bonds. The molecule has 1 atom stereocenters. The lowest BCUT2D eigenvalue weighted by molar-refractivity contribution is -0.144. The number of carboxylic acids is 1. The smallest absolute Gasteiger partial charge is 0.315 e. The van der Waals surface area contributed by atoms with Crippen LogP contribution >= 0.6 is 15.9 Å². The Morgan fingerprint density at radius 3 is 2.95 bits per heavy atom. The van der Waals surface area contributed by atoms with E-state index in [0.717, 1.165) is 21.8 Å². The summed E-state index contributed by atoms with van der Waals surface area (Å²) in [6.07, 6.45) is 2.60. The van der Waals surface area contributed by atoms with E-state index in [0.29, 0.717) is 30.5 Å². The largest absolute Gasteiger partial charge is 0.481 e. The Balaban J connectivity index is 2.32. The van der Waals surface area contributed by atoms with Gasteiger partial charge in [-0.25, -0.2) is 4.39 Å². The molecule has 1 aromatic carbocycles. The zero-order valence-corrected chi connectivity index (χ0v) is 12.7. The predicted octanol–water partition coefficient (Wildman–Crippen LogP) is 4.14. The Hall–Kier alpha value is -1.36. The first kappa shape index (κ1) is 13.6. The fourth-order valence-electron chi connectivity index (χ4n) is 3.41. The highest BCUT2D eigenvalue weighted by Gasteiger charge is 2.47. The van der Waals surface area contributed by atoms with Crippen LogP contribution in [0.3, 0.4) is 0 Å². The van der Waals surface area contributed by atoms with Crippen molar-refractivity contribution in [3.05, 3.63) is 33.7 Å². The molecule has 1 aliphatic carbocycles. The number of aromatic nitrogens is 1. The molecule has 106 valence electrons. The summed E-state index contributed by atoms with van der Waals surface area (Å²) in [5, 5.41) is 10.5. The van der Waals surface area contributed by atoms with Gasteiger partial charge in [0.05, 0.1) is 5.52 Å².